The molecule has 1 heterocycles. The smallest absolute Gasteiger partial charge is 0.250 e. The third-order valence-electron chi connectivity index (χ3n) is 4.75. The summed E-state index contributed by atoms with van der Waals surface area (Å²) in [4.78, 5) is 17.1. The number of rotatable bonds is 7. The van der Waals surface area contributed by atoms with Crippen LogP contribution in [0, 0.1) is 5.82 Å². The second-order valence-corrected chi connectivity index (χ2v) is 7.93. The number of hydrogen-bond acceptors (Lipinski definition) is 4. The number of amides is 1. The van der Waals surface area contributed by atoms with Crippen LogP contribution >= 0.6 is 11.8 Å². The number of aromatic nitrogens is 2. The lowest BCUT2D eigenvalue weighted by Gasteiger charge is -2.09. The van der Waals surface area contributed by atoms with Crippen molar-refractivity contribution < 1.29 is 9.18 Å². The average Bonchev–Trinajstić information content (AvgIpc) is 3.14. The molecule has 0 aliphatic rings. The van der Waals surface area contributed by atoms with Crippen LogP contribution in [0.25, 0.3) is 11.0 Å². The minimum atomic E-state index is -0.310. The monoisotopic (exact) mass is 432 g/mol. The molecule has 5 nitrogen and oxygen atoms in total. The Morgan fingerprint density at radius 1 is 1.03 bits per heavy atom. The first-order valence-electron chi connectivity index (χ1n) is 9.81. The summed E-state index contributed by atoms with van der Waals surface area (Å²) in [6.07, 6.45) is 0. The van der Waals surface area contributed by atoms with Crippen molar-refractivity contribution >= 4 is 34.4 Å². The van der Waals surface area contributed by atoms with Gasteiger partial charge in [0.25, 0.3) is 5.91 Å². The summed E-state index contributed by atoms with van der Waals surface area (Å²) in [6.45, 7) is 2.44. The lowest BCUT2D eigenvalue weighted by Crippen LogP contribution is -2.21. The van der Waals surface area contributed by atoms with Gasteiger partial charge in [0.1, 0.15) is 5.82 Å². The van der Waals surface area contributed by atoms with Crippen LogP contribution < -0.4 is 5.43 Å². The number of nitrogens with one attached hydrogen (secondary N) is 1. The van der Waals surface area contributed by atoms with Crippen LogP contribution in [-0.4, -0.2) is 26.9 Å². The molecule has 0 spiro atoms. The Morgan fingerprint density at radius 2 is 1.74 bits per heavy atom. The highest BCUT2D eigenvalue weighted by Crippen LogP contribution is 2.25. The second kappa shape index (κ2) is 9.57. The maximum absolute atomic E-state index is 13.1. The number of carbonyl (C=O) groups excluding carboxylic acids is 1. The van der Waals surface area contributed by atoms with E-state index in [9.17, 15) is 9.18 Å². The molecular weight excluding hydrogens is 411 g/mol. The van der Waals surface area contributed by atoms with Crippen LogP contribution in [0.3, 0.4) is 0 Å². The van der Waals surface area contributed by atoms with Crippen molar-refractivity contribution in [2.75, 3.05) is 5.75 Å². The van der Waals surface area contributed by atoms with Gasteiger partial charge in [-0.1, -0.05) is 66.4 Å². The van der Waals surface area contributed by atoms with E-state index < -0.39 is 0 Å². The van der Waals surface area contributed by atoms with Gasteiger partial charge in [-0.25, -0.2) is 14.8 Å². The molecule has 0 atom stereocenters. The van der Waals surface area contributed by atoms with Crippen molar-refractivity contribution in [3.8, 4) is 0 Å². The number of imidazole rings is 1. The van der Waals surface area contributed by atoms with Gasteiger partial charge in [-0.05, 0) is 42.3 Å². The molecule has 0 unspecified atom stereocenters. The summed E-state index contributed by atoms with van der Waals surface area (Å²) in [5.41, 5.74) is 7.01. The Morgan fingerprint density at radius 3 is 2.52 bits per heavy atom. The molecule has 7 heteroatoms. The Balaban J connectivity index is 1.46. The van der Waals surface area contributed by atoms with Gasteiger partial charge in [-0.2, -0.15) is 5.10 Å². The number of para-hydroxylation sites is 2. The molecule has 0 aliphatic carbocycles. The molecule has 0 saturated carbocycles. The normalized spacial score (nSPS) is 11.6. The van der Waals surface area contributed by atoms with Crippen molar-refractivity contribution in [3.63, 3.8) is 0 Å². The third kappa shape index (κ3) is 5.19. The summed E-state index contributed by atoms with van der Waals surface area (Å²) < 4.78 is 15.2. The molecule has 4 aromatic rings. The molecule has 1 amide bonds. The topological polar surface area (TPSA) is 59.3 Å². The Hall–Kier alpha value is -3.45. The highest BCUT2D eigenvalue weighted by atomic mass is 32.2. The first kappa shape index (κ1) is 20.8. The van der Waals surface area contributed by atoms with Crippen LogP contribution in [0.4, 0.5) is 4.39 Å². The van der Waals surface area contributed by atoms with Gasteiger partial charge < -0.3 is 4.57 Å². The number of nitrogens with zero attached hydrogens (tertiary/aromatic N) is 3. The number of benzene rings is 3. The molecule has 0 aliphatic heterocycles. The lowest BCUT2D eigenvalue weighted by atomic mass is 10.1. The standard InChI is InChI=1S/C24H21FN4OS/c1-17(19-11-13-20(25)14-12-19)27-28-23(30)16-31-24-26-21-9-5-6-10-22(21)29(24)15-18-7-3-2-4-8-18/h2-14H,15-16H2,1H3,(H,28,30). The molecule has 4 rings (SSSR count). The summed E-state index contributed by atoms with van der Waals surface area (Å²) in [5, 5.41) is 4.90. The fourth-order valence-corrected chi connectivity index (χ4v) is 3.95. The molecule has 1 N–H and O–H groups in total. The number of halogens is 1. The zero-order valence-electron chi connectivity index (χ0n) is 17.0. The molecule has 0 bridgehead atoms. The molecule has 31 heavy (non-hydrogen) atoms. The van der Waals surface area contributed by atoms with Gasteiger partial charge in [-0.3, -0.25) is 4.79 Å². The maximum Gasteiger partial charge on any atom is 0.250 e. The van der Waals surface area contributed by atoms with Gasteiger partial charge in [-0.15, -0.1) is 0 Å². The molecule has 156 valence electrons. The SMILES string of the molecule is CC(=NNC(=O)CSc1nc2ccccc2n1Cc1ccccc1)c1ccc(F)cc1. The molecule has 0 radical (unpaired) electrons. The largest absolute Gasteiger partial charge is 0.314 e. The number of hydrazone groups is 1. The van der Waals surface area contributed by atoms with Crippen LogP contribution in [0.5, 0.6) is 0 Å². The van der Waals surface area contributed by atoms with E-state index >= 15 is 0 Å². The molecular formula is C24H21FN4OS. The van der Waals surface area contributed by atoms with Crippen LogP contribution in [-0.2, 0) is 11.3 Å². The molecule has 0 saturated heterocycles. The maximum atomic E-state index is 13.1. The van der Waals surface area contributed by atoms with Gasteiger partial charge in [0, 0.05) is 0 Å². The zero-order chi connectivity index (χ0) is 21.6. The predicted molar refractivity (Wildman–Crippen MR) is 123 cm³/mol. The van der Waals surface area contributed by atoms with E-state index in [1.807, 2.05) is 42.5 Å². The fraction of sp³-hybridized carbons (Fsp3) is 0.125. The lowest BCUT2D eigenvalue weighted by molar-refractivity contribution is -0.118. The first-order chi connectivity index (χ1) is 15.1. The van der Waals surface area contributed by atoms with E-state index in [4.69, 9.17) is 4.98 Å². The minimum absolute atomic E-state index is 0.179. The van der Waals surface area contributed by atoms with E-state index in [1.54, 1.807) is 19.1 Å². The zero-order valence-corrected chi connectivity index (χ0v) is 17.8. The molecule has 3 aromatic carbocycles. The van der Waals surface area contributed by atoms with Crippen molar-refractivity contribution in [2.24, 2.45) is 5.10 Å². The molecule has 1 aromatic heterocycles. The molecule has 0 fully saturated rings. The number of fused-ring (bicyclic) bond motifs is 1. The highest BCUT2D eigenvalue weighted by molar-refractivity contribution is 7.99. The summed E-state index contributed by atoms with van der Waals surface area (Å²) in [6, 6.07) is 24.1. The van der Waals surface area contributed by atoms with Crippen molar-refractivity contribution in [2.45, 2.75) is 18.6 Å². The van der Waals surface area contributed by atoms with Crippen LogP contribution in [0.15, 0.2) is 89.1 Å². The van der Waals surface area contributed by atoms with E-state index in [2.05, 4.69) is 27.2 Å². The van der Waals surface area contributed by atoms with E-state index in [0.717, 1.165) is 27.3 Å². The van der Waals surface area contributed by atoms with Gasteiger partial charge in [0.05, 0.1) is 29.0 Å². The van der Waals surface area contributed by atoms with Crippen molar-refractivity contribution in [1.82, 2.24) is 15.0 Å². The average molecular weight is 433 g/mol. The van der Waals surface area contributed by atoms with Gasteiger partial charge in [0.15, 0.2) is 5.16 Å². The van der Waals surface area contributed by atoms with E-state index in [1.165, 1.54) is 23.9 Å². The number of thioether (sulfide) groups is 1. The number of hydrogen-bond donors (Lipinski definition) is 1. The van der Waals surface area contributed by atoms with E-state index in [-0.39, 0.29) is 17.5 Å². The van der Waals surface area contributed by atoms with Gasteiger partial charge in [0.2, 0.25) is 0 Å². The Kier molecular flexibility index (Phi) is 6.43. The fourth-order valence-electron chi connectivity index (χ4n) is 3.15. The van der Waals surface area contributed by atoms with Gasteiger partial charge >= 0.3 is 0 Å². The predicted octanol–water partition coefficient (Wildman–Crippen LogP) is 4.86. The third-order valence-corrected chi connectivity index (χ3v) is 5.72. The Labute approximate surface area is 184 Å². The quantitative estimate of drug-likeness (QED) is 0.258. The first-order valence-corrected chi connectivity index (χ1v) is 10.8. The highest BCUT2D eigenvalue weighted by Gasteiger charge is 2.13. The Bertz CT molecular complexity index is 1220. The van der Waals surface area contributed by atoms with Crippen LogP contribution in [0.2, 0.25) is 0 Å². The van der Waals surface area contributed by atoms with Crippen molar-refractivity contribution in [3.05, 3.63) is 95.8 Å². The minimum Gasteiger partial charge on any atom is -0.314 e. The summed E-state index contributed by atoms with van der Waals surface area (Å²) in [7, 11) is 0. The van der Waals surface area contributed by atoms with Crippen LogP contribution in [0.1, 0.15) is 18.1 Å². The summed E-state index contributed by atoms with van der Waals surface area (Å²) in [5.74, 6) is -0.363. The number of carbonyl (C=O) groups is 1. The second-order valence-electron chi connectivity index (χ2n) is 6.98. The summed E-state index contributed by atoms with van der Waals surface area (Å²) >= 11 is 1.37. The van der Waals surface area contributed by atoms with Crippen molar-refractivity contribution in [1.29, 1.82) is 0 Å². The van der Waals surface area contributed by atoms with E-state index in [0.29, 0.717) is 12.3 Å².